The van der Waals surface area contributed by atoms with Crippen LogP contribution in [0.1, 0.15) is 24.9 Å². The second-order valence-corrected chi connectivity index (χ2v) is 5.49. The highest BCUT2D eigenvalue weighted by Gasteiger charge is 2.34. The van der Waals surface area contributed by atoms with Crippen molar-refractivity contribution in [1.82, 2.24) is 10.2 Å². The van der Waals surface area contributed by atoms with E-state index in [1.165, 1.54) is 0 Å². The van der Waals surface area contributed by atoms with Gasteiger partial charge >= 0.3 is 12.0 Å². The van der Waals surface area contributed by atoms with Crippen molar-refractivity contribution in [2.75, 3.05) is 13.6 Å². The molecule has 2 unspecified atom stereocenters. The van der Waals surface area contributed by atoms with Gasteiger partial charge in [0, 0.05) is 13.6 Å². The van der Waals surface area contributed by atoms with Crippen molar-refractivity contribution in [3.05, 3.63) is 35.9 Å². The van der Waals surface area contributed by atoms with Crippen LogP contribution in [-0.4, -0.2) is 35.6 Å². The maximum atomic E-state index is 12.1. The highest BCUT2D eigenvalue weighted by atomic mass is 16.4. The Labute approximate surface area is 118 Å². The molecule has 108 valence electrons. The number of nitrogens with one attached hydrogen (secondary N) is 1. The fourth-order valence-corrected chi connectivity index (χ4v) is 2.25. The Hall–Kier alpha value is -2.04. The normalized spacial score (nSPS) is 21.9. The zero-order chi connectivity index (χ0) is 14.7. The average molecular weight is 276 g/mol. The lowest BCUT2D eigenvalue weighted by atomic mass is 10.1. The summed E-state index contributed by atoms with van der Waals surface area (Å²) in [6, 6.07) is 7.36. The van der Waals surface area contributed by atoms with E-state index in [2.05, 4.69) is 12.2 Å². The van der Waals surface area contributed by atoms with Gasteiger partial charge in [-0.05, 0) is 23.8 Å². The van der Waals surface area contributed by atoms with E-state index in [1.54, 1.807) is 36.2 Å². The third-order valence-corrected chi connectivity index (χ3v) is 3.78. The zero-order valence-electron chi connectivity index (χ0n) is 11.7. The molecule has 0 saturated heterocycles. The van der Waals surface area contributed by atoms with Gasteiger partial charge in [0.15, 0.2) is 6.04 Å². The minimum atomic E-state index is -1.06. The van der Waals surface area contributed by atoms with Crippen molar-refractivity contribution in [1.29, 1.82) is 0 Å². The van der Waals surface area contributed by atoms with E-state index in [9.17, 15) is 14.7 Å². The molecule has 5 nitrogen and oxygen atoms in total. The first-order valence-electron chi connectivity index (χ1n) is 6.78. The Balaban J connectivity index is 1.97. The summed E-state index contributed by atoms with van der Waals surface area (Å²) in [6.45, 7) is 2.83. The number of carboxylic acids is 1. The lowest BCUT2D eigenvalue weighted by Gasteiger charge is -2.21. The highest BCUT2D eigenvalue weighted by molar-refractivity contribution is 5.83. The van der Waals surface area contributed by atoms with Crippen LogP contribution in [0, 0.1) is 11.8 Å². The Morgan fingerprint density at radius 2 is 2.00 bits per heavy atom. The molecule has 0 aliphatic heterocycles. The predicted octanol–water partition coefficient (Wildman–Crippen LogP) is 2.11. The number of benzene rings is 1. The number of rotatable bonds is 5. The first-order chi connectivity index (χ1) is 9.49. The van der Waals surface area contributed by atoms with Crippen molar-refractivity contribution in [2.45, 2.75) is 19.4 Å². The molecular formula is C15H20N2O3. The smallest absolute Gasteiger partial charge is 0.330 e. The number of carbonyl (C=O) groups is 2. The molecule has 2 amide bonds. The van der Waals surface area contributed by atoms with E-state index in [1.807, 2.05) is 6.07 Å². The Morgan fingerprint density at radius 3 is 2.50 bits per heavy atom. The summed E-state index contributed by atoms with van der Waals surface area (Å²) in [5.41, 5.74) is 0.571. The number of nitrogens with zero attached hydrogens (tertiary/aromatic N) is 1. The molecule has 0 aromatic heterocycles. The standard InChI is InChI=1S/C15H20N2O3/c1-10-8-12(10)9-17(2)15(20)16-13(14(18)19)11-6-4-3-5-7-11/h3-7,10,12-13H,8-9H2,1-2H3,(H,16,20)(H,18,19)/t10?,12?,13-/m0/s1. The maximum absolute atomic E-state index is 12.1. The summed E-state index contributed by atoms with van der Waals surface area (Å²) in [7, 11) is 1.70. The summed E-state index contributed by atoms with van der Waals surface area (Å²) in [4.78, 5) is 24.9. The van der Waals surface area contributed by atoms with Crippen LogP contribution < -0.4 is 5.32 Å². The molecule has 2 N–H and O–H groups in total. The number of carbonyl (C=O) groups excluding carboxylic acids is 1. The first kappa shape index (κ1) is 14.4. The monoisotopic (exact) mass is 276 g/mol. The van der Waals surface area contributed by atoms with E-state index in [4.69, 9.17) is 0 Å². The van der Waals surface area contributed by atoms with Crippen LogP contribution in [0.4, 0.5) is 4.79 Å². The molecule has 1 aliphatic rings. The molecule has 0 heterocycles. The van der Waals surface area contributed by atoms with E-state index in [-0.39, 0.29) is 6.03 Å². The number of amides is 2. The highest BCUT2D eigenvalue weighted by Crippen LogP contribution is 2.37. The minimum absolute atomic E-state index is 0.347. The van der Waals surface area contributed by atoms with Crippen LogP contribution >= 0.6 is 0 Å². The lowest BCUT2D eigenvalue weighted by molar-refractivity contribution is -0.139. The van der Waals surface area contributed by atoms with Crippen LogP contribution in [0.3, 0.4) is 0 Å². The quantitative estimate of drug-likeness (QED) is 0.865. The minimum Gasteiger partial charge on any atom is -0.479 e. The first-order valence-corrected chi connectivity index (χ1v) is 6.78. The van der Waals surface area contributed by atoms with Gasteiger partial charge in [-0.2, -0.15) is 0 Å². The number of carboxylic acid groups (broad SMARTS) is 1. The number of hydrogen-bond donors (Lipinski definition) is 2. The molecule has 0 bridgehead atoms. The molecule has 1 fully saturated rings. The van der Waals surface area contributed by atoms with Crippen LogP contribution in [0.25, 0.3) is 0 Å². The number of aliphatic carboxylic acids is 1. The second kappa shape index (κ2) is 5.94. The van der Waals surface area contributed by atoms with Crippen LogP contribution in [0.15, 0.2) is 30.3 Å². The van der Waals surface area contributed by atoms with E-state index >= 15 is 0 Å². The average Bonchev–Trinajstić information content (AvgIpc) is 3.11. The third kappa shape index (κ3) is 3.50. The van der Waals surface area contributed by atoms with E-state index in [0.29, 0.717) is 23.9 Å². The predicted molar refractivity (Wildman–Crippen MR) is 75.3 cm³/mol. The van der Waals surface area contributed by atoms with Gasteiger partial charge in [-0.3, -0.25) is 0 Å². The maximum Gasteiger partial charge on any atom is 0.330 e. The van der Waals surface area contributed by atoms with Crippen LogP contribution in [0.2, 0.25) is 0 Å². The molecule has 0 spiro atoms. The Bertz CT molecular complexity index is 489. The summed E-state index contributed by atoms with van der Waals surface area (Å²) >= 11 is 0. The SMILES string of the molecule is CC1CC1CN(C)C(=O)N[C@H](C(=O)O)c1ccccc1. The molecule has 20 heavy (non-hydrogen) atoms. The van der Waals surface area contributed by atoms with Crippen molar-refractivity contribution in [2.24, 2.45) is 11.8 Å². The fraction of sp³-hybridized carbons (Fsp3) is 0.467. The van der Waals surface area contributed by atoms with Gasteiger partial charge in [0.25, 0.3) is 0 Å². The second-order valence-electron chi connectivity index (χ2n) is 5.49. The summed E-state index contributed by atoms with van der Waals surface area (Å²) in [6.07, 6.45) is 1.14. The van der Waals surface area contributed by atoms with Gasteiger partial charge in [0.1, 0.15) is 0 Å². The molecule has 3 atom stereocenters. The van der Waals surface area contributed by atoms with Gasteiger partial charge in [0.05, 0.1) is 0 Å². The molecule has 1 aliphatic carbocycles. The number of urea groups is 1. The lowest BCUT2D eigenvalue weighted by Crippen LogP contribution is -2.42. The summed E-state index contributed by atoms with van der Waals surface area (Å²) in [5.74, 6) is 0.151. The van der Waals surface area contributed by atoms with Gasteiger partial charge in [0.2, 0.25) is 0 Å². The van der Waals surface area contributed by atoms with Crippen molar-refractivity contribution < 1.29 is 14.7 Å². The molecule has 0 radical (unpaired) electrons. The molecule has 2 rings (SSSR count). The molecule has 1 saturated carbocycles. The topological polar surface area (TPSA) is 69.6 Å². The van der Waals surface area contributed by atoms with Gasteiger partial charge < -0.3 is 15.3 Å². The molecule has 5 heteroatoms. The van der Waals surface area contributed by atoms with Crippen LogP contribution in [0.5, 0.6) is 0 Å². The molecule has 1 aromatic rings. The van der Waals surface area contributed by atoms with Crippen molar-refractivity contribution in [3.8, 4) is 0 Å². The van der Waals surface area contributed by atoms with Gasteiger partial charge in [-0.15, -0.1) is 0 Å². The Morgan fingerprint density at radius 1 is 1.40 bits per heavy atom. The number of hydrogen-bond acceptors (Lipinski definition) is 2. The molecular weight excluding hydrogens is 256 g/mol. The summed E-state index contributed by atoms with van der Waals surface area (Å²) in [5, 5.41) is 11.8. The van der Waals surface area contributed by atoms with E-state index in [0.717, 1.165) is 6.42 Å². The van der Waals surface area contributed by atoms with Gasteiger partial charge in [-0.25, -0.2) is 9.59 Å². The molecule has 1 aromatic carbocycles. The van der Waals surface area contributed by atoms with Crippen LogP contribution in [-0.2, 0) is 4.79 Å². The van der Waals surface area contributed by atoms with Crippen molar-refractivity contribution >= 4 is 12.0 Å². The summed E-state index contributed by atoms with van der Waals surface area (Å²) < 4.78 is 0. The fourth-order valence-electron chi connectivity index (χ4n) is 2.25. The van der Waals surface area contributed by atoms with Gasteiger partial charge in [-0.1, -0.05) is 37.3 Å². The largest absolute Gasteiger partial charge is 0.479 e. The Kier molecular flexibility index (Phi) is 4.27. The zero-order valence-corrected chi connectivity index (χ0v) is 11.7. The van der Waals surface area contributed by atoms with Crippen molar-refractivity contribution in [3.63, 3.8) is 0 Å². The van der Waals surface area contributed by atoms with E-state index < -0.39 is 12.0 Å². The third-order valence-electron chi connectivity index (χ3n) is 3.78.